The first-order chi connectivity index (χ1) is 9.69. The van der Waals surface area contributed by atoms with Crippen molar-refractivity contribution in [3.63, 3.8) is 0 Å². The summed E-state index contributed by atoms with van der Waals surface area (Å²) in [5.41, 5.74) is -0.958. The number of hydrogen-bond acceptors (Lipinski definition) is 3. The quantitative estimate of drug-likeness (QED) is 0.847. The molecule has 0 aliphatic rings. The Kier molecular flexibility index (Phi) is 5.73. The predicted octanol–water partition coefficient (Wildman–Crippen LogP) is 3.50. The van der Waals surface area contributed by atoms with E-state index >= 15 is 0 Å². The molecule has 21 heavy (non-hydrogen) atoms. The molecule has 0 spiro atoms. The van der Waals surface area contributed by atoms with Gasteiger partial charge in [-0.3, -0.25) is 4.79 Å². The van der Waals surface area contributed by atoms with Crippen molar-refractivity contribution in [2.24, 2.45) is 5.92 Å². The fraction of sp³-hybridized carbons (Fsp3) is 0.467. The standard InChI is InChI=1S/C15H18F2N2OS/c1-9(2)15(4,8-18)19-14(20)10(3)21-11-5-6-12(16)13(17)7-11/h5-7,9-10H,1-4H3,(H,19,20)/t10-,15+/m1/s1. The van der Waals surface area contributed by atoms with E-state index in [1.54, 1.807) is 13.8 Å². The predicted molar refractivity (Wildman–Crippen MR) is 78.7 cm³/mol. The largest absolute Gasteiger partial charge is 0.337 e. The highest BCUT2D eigenvalue weighted by Gasteiger charge is 2.31. The molecule has 0 aliphatic heterocycles. The Hall–Kier alpha value is -1.61. The molecule has 6 heteroatoms. The summed E-state index contributed by atoms with van der Waals surface area (Å²) in [6.07, 6.45) is 0. The van der Waals surface area contributed by atoms with Crippen molar-refractivity contribution in [2.45, 2.75) is 43.4 Å². The van der Waals surface area contributed by atoms with Crippen molar-refractivity contribution >= 4 is 17.7 Å². The molecule has 1 aromatic rings. The first kappa shape index (κ1) is 17.4. The van der Waals surface area contributed by atoms with Crippen LogP contribution >= 0.6 is 11.8 Å². The van der Waals surface area contributed by atoms with Gasteiger partial charge in [-0.05, 0) is 38.0 Å². The van der Waals surface area contributed by atoms with Crippen LogP contribution in [-0.2, 0) is 4.79 Å². The minimum atomic E-state index is -0.958. The molecule has 114 valence electrons. The summed E-state index contributed by atoms with van der Waals surface area (Å²) in [7, 11) is 0. The second-order valence-electron chi connectivity index (χ2n) is 5.29. The minimum absolute atomic E-state index is 0.0492. The molecule has 1 rings (SSSR count). The van der Waals surface area contributed by atoms with Gasteiger partial charge in [-0.2, -0.15) is 5.26 Å². The molecule has 1 aromatic carbocycles. The number of nitrogens with zero attached hydrogens (tertiary/aromatic N) is 1. The number of carbonyl (C=O) groups is 1. The summed E-state index contributed by atoms with van der Waals surface area (Å²) >= 11 is 1.11. The molecule has 0 radical (unpaired) electrons. The Morgan fingerprint density at radius 1 is 1.33 bits per heavy atom. The number of benzene rings is 1. The highest BCUT2D eigenvalue weighted by molar-refractivity contribution is 8.00. The maximum Gasteiger partial charge on any atom is 0.234 e. The van der Waals surface area contributed by atoms with Gasteiger partial charge < -0.3 is 5.32 Å². The Morgan fingerprint density at radius 2 is 1.95 bits per heavy atom. The first-order valence-corrected chi connectivity index (χ1v) is 7.42. The number of hydrogen-bond donors (Lipinski definition) is 1. The van der Waals surface area contributed by atoms with Crippen molar-refractivity contribution in [3.8, 4) is 6.07 Å². The van der Waals surface area contributed by atoms with E-state index < -0.39 is 22.4 Å². The van der Waals surface area contributed by atoms with Crippen molar-refractivity contribution in [1.29, 1.82) is 5.26 Å². The van der Waals surface area contributed by atoms with E-state index in [0.29, 0.717) is 4.90 Å². The molecule has 0 saturated carbocycles. The summed E-state index contributed by atoms with van der Waals surface area (Å²) in [5, 5.41) is 11.4. The second-order valence-corrected chi connectivity index (χ2v) is 6.71. The fourth-order valence-electron chi connectivity index (χ4n) is 1.47. The molecule has 0 fully saturated rings. The van der Waals surface area contributed by atoms with Gasteiger partial charge in [-0.25, -0.2) is 8.78 Å². The maximum absolute atomic E-state index is 13.1. The molecular weight excluding hydrogens is 294 g/mol. The van der Waals surface area contributed by atoms with Crippen LogP contribution in [0.15, 0.2) is 23.1 Å². The molecule has 1 N–H and O–H groups in total. The van der Waals surface area contributed by atoms with Gasteiger partial charge >= 0.3 is 0 Å². The van der Waals surface area contributed by atoms with Crippen LogP contribution in [-0.4, -0.2) is 16.7 Å². The third-order valence-electron chi connectivity index (χ3n) is 3.34. The molecule has 0 bridgehead atoms. The van der Waals surface area contributed by atoms with E-state index in [1.807, 2.05) is 13.8 Å². The lowest BCUT2D eigenvalue weighted by atomic mass is 9.90. The number of nitrogens with one attached hydrogen (secondary N) is 1. The maximum atomic E-state index is 13.1. The lowest BCUT2D eigenvalue weighted by Gasteiger charge is -2.28. The van der Waals surface area contributed by atoms with Crippen LogP contribution in [0, 0.1) is 28.9 Å². The van der Waals surface area contributed by atoms with Gasteiger partial charge in [0, 0.05) is 4.90 Å². The number of amides is 1. The molecule has 0 saturated heterocycles. The van der Waals surface area contributed by atoms with E-state index in [0.717, 1.165) is 23.9 Å². The van der Waals surface area contributed by atoms with E-state index in [4.69, 9.17) is 0 Å². The van der Waals surface area contributed by atoms with Gasteiger partial charge in [0.05, 0.1) is 11.3 Å². The van der Waals surface area contributed by atoms with E-state index in [-0.39, 0.29) is 11.8 Å². The number of nitriles is 1. The molecule has 1 amide bonds. The molecule has 2 atom stereocenters. The van der Waals surface area contributed by atoms with Crippen molar-refractivity contribution in [3.05, 3.63) is 29.8 Å². The zero-order chi connectivity index (χ0) is 16.2. The average molecular weight is 312 g/mol. The fourth-order valence-corrected chi connectivity index (χ4v) is 2.36. The normalized spacial score (nSPS) is 15.1. The van der Waals surface area contributed by atoms with Crippen molar-refractivity contribution in [2.75, 3.05) is 0 Å². The summed E-state index contributed by atoms with van der Waals surface area (Å²) in [5.74, 6) is -2.24. The topological polar surface area (TPSA) is 52.9 Å². The summed E-state index contributed by atoms with van der Waals surface area (Å²) in [4.78, 5) is 12.6. The molecule has 0 heterocycles. The SMILES string of the molecule is CC(C)[C@](C)(C#N)NC(=O)[C@@H](C)Sc1ccc(F)c(F)c1. The third kappa shape index (κ3) is 4.43. The van der Waals surface area contributed by atoms with E-state index in [2.05, 4.69) is 11.4 Å². The van der Waals surface area contributed by atoms with Crippen LogP contribution in [0.1, 0.15) is 27.7 Å². The average Bonchev–Trinajstić information content (AvgIpc) is 2.42. The highest BCUT2D eigenvalue weighted by Crippen LogP contribution is 2.26. The number of carbonyl (C=O) groups excluding carboxylic acids is 1. The highest BCUT2D eigenvalue weighted by atomic mass is 32.2. The lowest BCUT2D eigenvalue weighted by molar-refractivity contribution is -0.121. The molecule has 3 nitrogen and oxygen atoms in total. The van der Waals surface area contributed by atoms with Gasteiger partial charge in [0.2, 0.25) is 5.91 Å². The molecule has 0 aromatic heterocycles. The second kappa shape index (κ2) is 6.90. The summed E-state index contributed by atoms with van der Waals surface area (Å²) in [6.45, 7) is 7.00. The van der Waals surface area contributed by atoms with Gasteiger partial charge in [0.15, 0.2) is 11.6 Å². The van der Waals surface area contributed by atoms with Crippen LogP contribution in [0.25, 0.3) is 0 Å². The van der Waals surface area contributed by atoms with Crippen LogP contribution in [0.4, 0.5) is 8.78 Å². The number of halogens is 2. The zero-order valence-corrected chi connectivity index (χ0v) is 13.2. The molecule has 0 aliphatic carbocycles. The summed E-state index contributed by atoms with van der Waals surface area (Å²) < 4.78 is 26.0. The first-order valence-electron chi connectivity index (χ1n) is 6.54. The number of thioether (sulfide) groups is 1. The van der Waals surface area contributed by atoms with Gasteiger partial charge in [0.25, 0.3) is 0 Å². The monoisotopic (exact) mass is 312 g/mol. The van der Waals surface area contributed by atoms with Gasteiger partial charge in [-0.1, -0.05) is 13.8 Å². The smallest absolute Gasteiger partial charge is 0.234 e. The third-order valence-corrected chi connectivity index (χ3v) is 4.44. The summed E-state index contributed by atoms with van der Waals surface area (Å²) in [6, 6.07) is 5.58. The van der Waals surface area contributed by atoms with Crippen molar-refractivity contribution in [1.82, 2.24) is 5.32 Å². The van der Waals surface area contributed by atoms with Gasteiger partial charge in [-0.15, -0.1) is 11.8 Å². The van der Waals surface area contributed by atoms with Crippen LogP contribution < -0.4 is 5.32 Å². The lowest BCUT2D eigenvalue weighted by Crippen LogP contribution is -2.51. The van der Waals surface area contributed by atoms with Crippen LogP contribution in [0.5, 0.6) is 0 Å². The Morgan fingerprint density at radius 3 is 2.43 bits per heavy atom. The van der Waals surface area contributed by atoms with E-state index in [9.17, 15) is 18.8 Å². The molecular formula is C15H18F2N2OS. The Bertz CT molecular complexity index is 571. The number of rotatable bonds is 5. The molecule has 0 unspecified atom stereocenters. The van der Waals surface area contributed by atoms with Crippen LogP contribution in [0.2, 0.25) is 0 Å². The van der Waals surface area contributed by atoms with Crippen molar-refractivity contribution < 1.29 is 13.6 Å². The zero-order valence-electron chi connectivity index (χ0n) is 12.4. The van der Waals surface area contributed by atoms with Gasteiger partial charge in [0.1, 0.15) is 5.54 Å². The van der Waals surface area contributed by atoms with E-state index in [1.165, 1.54) is 6.07 Å². The Labute approximate surface area is 127 Å². The van der Waals surface area contributed by atoms with Crippen LogP contribution in [0.3, 0.4) is 0 Å². The Balaban J connectivity index is 2.75. The minimum Gasteiger partial charge on any atom is -0.337 e.